The number of nitrogens with zero attached hydrogens (tertiary/aromatic N) is 4. The van der Waals surface area contributed by atoms with E-state index in [0.29, 0.717) is 29.7 Å². The summed E-state index contributed by atoms with van der Waals surface area (Å²) >= 11 is 3.21. The van der Waals surface area contributed by atoms with Crippen LogP contribution in [0.4, 0.5) is 4.39 Å². The molecule has 9 heteroatoms. The van der Waals surface area contributed by atoms with Gasteiger partial charge in [0.25, 0.3) is 0 Å². The summed E-state index contributed by atoms with van der Waals surface area (Å²) in [6, 6.07) is 12.6. The molecule has 3 aromatic rings. The number of hydrogen-bond donors (Lipinski definition) is 0. The van der Waals surface area contributed by atoms with Crippen LogP contribution >= 0.6 is 15.9 Å². The Hall–Kier alpha value is -2.81. The predicted octanol–water partition coefficient (Wildman–Crippen LogP) is 5.96. The Kier molecular flexibility index (Phi) is 9.22. The van der Waals surface area contributed by atoms with E-state index in [2.05, 4.69) is 45.2 Å². The summed E-state index contributed by atoms with van der Waals surface area (Å²) in [7, 11) is 1.62. The van der Waals surface area contributed by atoms with Crippen LogP contribution in [0.3, 0.4) is 0 Å². The zero-order chi connectivity index (χ0) is 26.5. The fourth-order valence-electron chi connectivity index (χ4n) is 4.01. The summed E-state index contributed by atoms with van der Waals surface area (Å²) < 4.78 is 25.7. The molecule has 0 N–H and O–H groups in total. The Labute approximate surface area is 220 Å². The van der Waals surface area contributed by atoms with Crippen molar-refractivity contribution in [1.29, 1.82) is 0 Å². The van der Waals surface area contributed by atoms with Gasteiger partial charge in [0.05, 0.1) is 24.0 Å². The van der Waals surface area contributed by atoms with E-state index in [1.807, 2.05) is 51.1 Å². The average molecular weight is 561 g/mol. The number of esters is 1. The van der Waals surface area contributed by atoms with Crippen molar-refractivity contribution >= 4 is 21.9 Å². The molecule has 194 valence electrons. The maximum Gasteiger partial charge on any atom is 0.310 e. The van der Waals surface area contributed by atoms with Crippen molar-refractivity contribution in [3.8, 4) is 5.75 Å². The van der Waals surface area contributed by atoms with Gasteiger partial charge < -0.3 is 9.47 Å². The number of ether oxygens (including phenoxy) is 2. The first-order valence-electron chi connectivity index (χ1n) is 12.0. The fraction of sp³-hybridized carbons (Fsp3) is 0.481. The van der Waals surface area contributed by atoms with Gasteiger partial charge in [0, 0.05) is 5.92 Å². The van der Waals surface area contributed by atoms with Gasteiger partial charge in [0.2, 0.25) is 0 Å². The molecule has 0 amide bonds. The maximum absolute atomic E-state index is 14.3. The largest absolute Gasteiger partial charge is 0.497 e. The summed E-state index contributed by atoms with van der Waals surface area (Å²) in [6.07, 6.45) is 0.945. The van der Waals surface area contributed by atoms with Gasteiger partial charge in [0.1, 0.15) is 17.2 Å². The second-order valence-electron chi connectivity index (χ2n) is 10.4. The highest BCUT2D eigenvalue weighted by atomic mass is 79.9. The van der Waals surface area contributed by atoms with Gasteiger partial charge in [-0.3, -0.25) is 4.79 Å². The van der Waals surface area contributed by atoms with Crippen LogP contribution in [0.5, 0.6) is 5.75 Å². The van der Waals surface area contributed by atoms with E-state index in [-0.39, 0.29) is 17.7 Å². The molecule has 0 spiro atoms. The maximum atomic E-state index is 14.3. The number of benzene rings is 2. The van der Waals surface area contributed by atoms with Crippen LogP contribution in [0.15, 0.2) is 46.9 Å². The molecular weight excluding hydrogens is 527 g/mol. The molecule has 2 aromatic carbocycles. The van der Waals surface area contributed by atoms with Crippen LogP contribution in [-0.2, 0) is 22.5 Å². The second-order valence-corrected chi connectivity index (χ2v) is 11.2. The zero-order valence-electron chi connectivity index (χ0n) is 21.7. The summed E-state index contributed by atoms with van der Waals surface area (Å²) in [5, 5.41) is 13.2. The van der Waals surface area contributed by atoms with Gasteiger partial charge in [-0.05, 0) is 96.1 Å². The van der Waals surface area contributed by atoms with E-state index >= 15 is 0 Å². The Balaban J connectivity index is 1.96. The van der Waals surface area contributed by atoms with Crippen molar-refractivity contribution < 1.29 is 18.7 Å². The van der Waals surface area contributed by atoms with Crippen molar-refractivity contribution in [3.63, 3.8) is 0 Å². The molecule has 0 fully saturated rings. The molecule has 0 aliphatic rings. The smallest absolute Gasteiger partial charge is 0.310 e. The molecule has 7 nitrogen and oxygen atoms in total. The van der Waals surface area contributed by atoms with Gasteiger partial charge in [-0.2, -0.15) is 4.80 Å². The quantitative estimate of drug-likeness (QED) is 0.284. The fourth-order valence-corrected chi connectivity index (χ4v) is 4.26. The monoisotopic (exact) mass is 560 g/mol. The van der Waals surface area contributed by atoms with E-state index in [1.165, 1.54) is 10.9 Å². The minimum atomic E-state index is -0.639. The third-order valence-corrected chi connectivity index (χ3v) is 6.29. The van der Waals surface area contributed by atoms with E-state index in [0.717, 1.165) is 16.9 Å². The zero-order valence-corrected chi connectivity index (χ0v) is 23.3. The lowest BCUT2D eigenvalue weighted by Gasteiger charge is -2.29. The lowest BCUT2D eigenvalue weighted by molar-refractivity contribution is -0.161. The SMILES string of the molecule is COc1ccc(Cn2nnc(C(Cc3ccc(Br)c(F)c3)C(CC(C)C)C(=O)OC(C)(C)C)n2)cc1. The van der Waals surface area contributed by atoms with Crippen LogP contribution in [0.2, 0.25) is 0 Å². The number of halogens is 2. The minimum Gasteiger partial charge on any atom is -0.497 e. The number of tetrazole rings is 1. The molecule has 2 unspecified atom stereocenters. The average Bonchev–Trinajstić information content (AvgIpc) is 3.26. The molecule has 3 rings (SSSR count). The summed E-state index contributed by atoms with van der Waals surface area (Å²) in [5.41, 5.74) is 1.08. The topological polar surface area (TPSA) is 79.1 Å². The van der Waals surface area contributed by atoms with E-state index < -0.39 is 17.4 Å². The molecule has 1 heterocycles. The van der Waals surface area contributed by atoms with Crippen molar-refractivity contribution in [1.82, 2.24) is 20.2 Å². The summed E-state index contributed by atoms with van der Waals surface area (Å²) in [6.45, 7) is 10.1. The molecule has 0 saturated carbocycles. The van der Waals surface area contributed by atoms with Crippen molar-refractivity contribution in [3.05, 3.63) is 69.7 Å². The number of aromatic nitrogens is 4. The number of carbonyl (C=O) groups is 1. The molecule has 36 heavy (non-hydrogen) atoms. The van der Waals surface area contributed by atoms with Crippen LogP contribution in [0.25, 0.3) is 0 Å². The first-order chi connectivity index (χ1) is 16.9. The molecular formula is C27H34BrFN4O3. The molecule has 0 radical (unpaired) electrons. The standard InChI is InChI=1S/C27H34BrFN4O3/c1-17(2)13-22(26(34)36-27(3,4)5)21(14-19-9-12-23(28)24(29)15-19)25-30-32-33(31-25)16-18-7-10-20(35-6)11-8-18/h7-12,15,17,21-22H,13-14,16H2,1-6H3. The Morgan fingerprint density at radius 2 is 1.78 bits per heavy atom. The molecule has 2 atom stereocenters. The number of hydrogen-bond acceptors (Lipinski definition) is 6. The van der Waals surface area contributed by atoms with E-state index in [9.17, 15) is 9.18 Å². The van der Waals surface area contributed by atoms with Crippen LogP contribution in [0, 0.1) is 17.7 Å². The normalized spacial score (nSPS) is 13.5. The van der Waals surface area contributed by atoms with Crippen molar-refractivity contribution in [2.24, 2.45) is 11.8 Å². The van der Waals surface area contributed by atoms with Crippen molar-refractivity contribution in [2.45, 2.75) is 65.5 Å². The molecule has 0 saturated heterocycles. The Bertz CT molecular complexity index is 1160. The molecule has 0 aliphatic heterocycles. The Morgan fingerprint density at radius 1 is 1.11 bits per heavy atom. The van der Waals surface area contributed by atoms with Gasteiger partial charge in [-0.15, -0.1) is 10.2 Å². The van der Waals surface area contributed by atoms with Crippen molar-refractivity contribution in [2.75, 3.05) is 7.11 Å². The highest BCUT2D eigenvalue weighted by Crippen LogP contribution is 2.34. The lowest BCUT2D eigenvalue weighted by atomic mass is 9.81. The lowest BCUT2D eigenvalue weighted by Crippen LogP contribution is -2.34. The Morgan fingerprint density at radius 3 is 2.36 bits per heavy atom. The first-order valence-corrected chi connectivity index (χ1v) is 12.8. The predicted molar refractivity (Wildman–Crippen MR) is 139 cm³/mol. The highest BCUT2D eigenvalue weighted by molar-refractivity contribution is 9.10. The van der Waals surface area contributed by atoms with Gasteiger partial charge in [-0.1, -0.05) is 32.0 Å². The number of methoxy groups -OCH3 is 1. The van der Waals surface area contributed by atoms with Gasteiger partial charge >= 0.3 is 5.97 Å². The number of rotatable bonds is 10. The molecule has 1 aromatic heterocycles. The van der Waals surface area contributed by atoms with E-state index in [4.69, 9.17) is 9.47 Å². The molecule has 0 aliphatic carbocycles. The van der Waals surface area contributed by atoms with Crippen LogP contribution in [0.1, 0.15) is 63.9 Å². The summed E-state index contributed by atoms with van der Waals surface area (Å²) in [5.74, 6) is -0.210. The molecule has 0 bridgehead atoms. The van der Waals surface area contributed by atoms with Gasteiger partial charge in [0.15, 0.2) is 5.82 Å². The van der Waals surface area contributed by atoms with E-state index in [1.54, 1.807) is 13.2 Å². The van der Waals surface area contributed by atoms with Crippen LogP contribution in [-0.4, -0.2) is 38.9 Å². The number of carbonyl (C=O) groups excluding carboxylic acids is 1. The highest BCUT2D eigenvalue weighted by Gasteiger charge is 2.36. The second kappa shape index (κ2) is 12.0. The third kappa shape index (κ3) is 7.85. The van der Waals surface area contributed by atoms with Gasteiger partial charge in [-0.25, -0.2) is 4.39 Å². The summed E-state index contributed by atoms with van der Waals surface area (Å²) in [4.78, 5) is 14.9. The minimum absolute atomic E-state index is 0.223. The first kappa shape index (κ1) is 27.8. The third-order valence-electron chi connectivity index (χ3n) is 5.64. The van der Waals surface area contributed by atoms with Crippen LogP contribution < -0.4 is 4.74 Å².